The Balaban J connectivity index is 1.75. The number of fused-ring (bicyclic) bond motifs is 2. The lowest BCUT2D eigenvalue weighted by Crippen LogP contribution is -2.17. The maximum Gasteiger partial charge on any atom is 0.280 e. The molecule has 0 radical (unpaired) electrons. The van der Waals surface area contributed by atoms with E-state index in [2.05, 4.69) is 19.9 Å². The number of nitrogens with one attached hydrogen (secondary N) is 2. The molecule has 0 fully saturated rings. The van der Waals surface area contributed by atoms with Crippen LogP contribution >= 0.6 is 23.4 Å². The SMILES string of the molecule is O=S(=O)(Nc1ccc2[nH]ncc2c1)c1c(Cl)nc2n1CCS2. The van der Waals surface area contributed by atoms with Gasteiger partial charge in [-0.05, 0) is 18.2 Å². The van der Waals surface area contributed by atoms with Crippen molar-refractivity contribution in [3.8, 4) is 0 Å². The molecule has 0 saturated heterocycles. The first kappa shape index (κ1) is 13.9. The van der Waals surface area contributed by atoms with Gasteiger partial charge in [-0.25, -0.2) is 4.98 Å². The highest BCUT2D eigenvalue weighted by Crippen LogP contribution is 2.34. The maximum atomic E-state index is 12.6. The number of aromatic nitrogens is 4. The van der Waals surface area contributed by atoms with Crippen molar-refractivity contribution in [1.29, 1.82) is 0 Å². The molecule has 1 aliphatic heterocycles. The Morgan fingerprint density at radius 3 is 3.14 bits per heavy atom. The van der Waals surface area contributed by atoms with E-state index in [1.807, 2.05) is 0 Å². The van der Waals surface area contributed by atoms with Gasteiger partial charge in [-0.2, -0.15) is 13.5 Å². The summed E-state index contributed by atoms with van der Waals surface area (Å²) in [5.41, 5.74) is 1.29. The first-order valence-electron chi connectivity index (χ1n) is 6.39. The van der Waals surface area contributed by atoms with Crippen LogP contribution in [0.4, 0.5) is 5.69 Å². The third kappa shape index (κ3) is 2.16. The Morgan fingerprint density at radius 2 is 2.27 bits per heavy atom. The Kier molecular flexibility index (Phi) is 3.10. The topological polar surface area (TPSA) is 92.7 Å². The zero-order chi connectivity index (χ0) is 15.3. The molecule has 3 aromatic rings. The summed E-state index contributed by atoms with van der Waals surface area (Å²) < 4.78 is 29.4. The van der Waals surface area contributed by atoms with Crippen molar-refractivity contribution >= 4 is 50.0 Å². The summed E-state index contributed by atoms with van der Waals surface area (Å²) in [6.07, 6.45) is 1.63. The summed E-state index contributed by atoms with van der Waals surface area (Å²) in [6.45, 7) is 0.580. The number of sulfonamides is 1. The van der Waals surface area contributed by atoms with E-state index in [0.29, 0.717) is 17.4 Å². The van der Waals surface area contributed by atoms with Crippen molar-refractivity contribution in [2.24, 2.45) is 0 Å². The molecule has 2 aromatic heterocycles. The molecule has 7 nitrogen and oxygen atoms in total. The molecule has 0 saturated carbocycles. The van der Waals surface area contributed by atoms with Crippen molar-refractivity contribution in [2.75, 3.05) is 10.5 Å². The molecule has 114 valence electrons. The summed E-state index contributed by atoms with van der Waals surface area (Å²) in [5, 5.41) is 8.19. The number of nitrogens with zero attached hydrogens (tertiary/aromatic N) is 3. The summed E-state index contributed by atoms with van der Waals surface area (Å²) in [4.78, 5) is 4.10. The van der Waals surface area contributed by atoms with E-state index in [1.165, 1.54) is 11.8 Å². The highest BCUT2D eigenvalue weighted by Gasteiger charge is 2.30. The smallest absolute Gasteiger partial charge is 0.280 e. The number of imidazole rings is 1. The molecule has 0 unspecified atom stereocenters. The summed E-state index contributed by atoms with van der Waals surface area (Å²) in [6, 6.07) is 5.14. The number of hydrogen-bond donors (Lipinski definition) is 2. The predicted molar refractivity (Wildman–Crippen MR) is 84.9 cm³/mol. The lowest BCUT2D eigenvalue weighted by atomic mass is 10.2. The lowest BCUT2D eigenvalue weighted by Gasteiger charge is -2.09. The zero-order valence-electron chi connectivity index (χ0n) is 11.1. The second-order valence-corrected chi connectivity index (χ2v) is 7.79. The van der Waals surface area contributed by atoms with Gasteiger partial charge in [0.2, 0.25) is 0 Å². The summed E-state index contributed by atoms with van der Waals surface area (Å²) in [5.74, 6) is 0.795. The van der Waals surface area contributed by atoms with Crippen LogP contribution in [0.15, 0.2) is 34.6 Å². The Morgan fingerprint density at radius 1 is 1.41 bits per heavy atom. The van der Waals surface area contributed by atoms with Crippen molar-refractivity contribution in [3.05, 3.63) is 29.5 Å². The van der Waals surface area contributed by atoms with Crippen molar-refractivity contribution in [2.45, 2.75) is 16.7 Å². The quantitative estimate of drug-likeness (QED) is 0.752. The number of halogens is 1. The minimum absolute atomic E-state index is 0.000843. The van der Waals surface area contributed by atoms with Crippen LogP contribution in [-0.4, -0.2) is 33.9 Å². The van der Waals surface area contributed by atoms with E-state index in [9.17, 15) is 8.42 Å². The molecular weight excluding hydrogens is 346 g/mol. The highest BCUT2D eigenvalue weighted by molar-refractivity contribution is 7.99. The van der Waals surface area contributed by atoms with Crippen LogP contribution in [-0.2, 0) is 16.6 Å². The van der Waals surface area contributed by atoms with Crippen LogP contribution in [0.2, 0.25) is 5.15 Å². The zero-order valence-corrected chi connectivity index (χ0v) is 13.5. The Hall–Kier alpha value is -1.71. The van der Waals surface area contributed by atoms with E-state index < -0.39 is 10.0 Å². The molecule has 2 N–H and O–H groups in total. The fourth-order valence-corrected chi connectivity index (χ4v) is 5.21. The number of hydrogen-bond acceptors (Lipinski definition) is 5. The average molecular weight is 356 g/mol. The molecule has 0 spiro atoms. The van der Waals surface area contributed by atoms with Crippen LogP contribution in [0.25, 0.3) is 10.9 Å². The van der Waals surface area contributed by atoms with E-state index >= 15 is 0 Å². The minimum atomic E-state index is -3.80. The minimum Gasteiger partial charge on any atom is -0.306 e. The van der Waals surface area contributed by atoms with Gasteiger partial charge in [0, 0.05) is 23.4 Å². The van der Waals surface area contributed by atoms with E-state index in [0.717, 1.165) is 16.7 Å². The lowest BCUT2D eigenvalue weighted by molar-refractivity contribution is 0.577. The van der Waals surface area contributed by atoms with Crippen LogP contribution in [0, 0.1) is 0 Å². The number of aromatic amines is 1. The third-order valence-corrected chi connectivity index (χ3v) is 6.10. The fraction of sp³-hybridized carbons (Fsp3) is 0.167. The normalized spacial score (nSPS) is 14.4. The fourth-order valence-electron chi connectivity index (χ4n) is 2.39. The molecule has 0 atom stereocenters. The molecule has 1 aromatic carbocycles. The molecule has 0 bridgehead atoms. The monoisotopic (exact) mass is 355 g/mol. The molecule has 22 heavy (non-hydrogen) atoms. The van der Waals surface area contributed by atoms with Gasteiger partial charge in [0.25, 0.3) is 10.0 Å². The average Bonchev–Trinajstić information content (AvgIpc) is 3.11. The van der Waals surface area contributed by atoms with Crippen molar-refractivity contribution in [1.82, 2.24) is 19.7 Å². The molecule has 1 aliphatic rings. The number of anilines is 1. The molecular formula is C12H10ClN5O2S2. The number of benzene rings is 1. The van der Waals surface area contributed by atoms with Gasteiger partial charge >= 0.3 is 0 Å². The summed E-state index contributed by atoms with van der Waals surface area (Å²) in [7, 11) is -3.80. The van der Waals surface area contributed by atoms with Gasteiger partial charge < -0.3 is 4.57 Å². The molecule has 10 heteroatoms. The first-order chi connectivity index (χ1) is 10.5. The molecule has 3 heterocycles. The number of thioether (sulfide) groups is 1. The van der Waals surface area contributed by atoms with Crippen molar-refractivity contribution < 1.29 is 8.42 Å². The van der Waals surface area contributed by atoms with E-state index in [4.69, 9.17) is 11.6 Å². The number of rotatable bonds is 3. The van der Waals surface area contributed by atoms with Gasteiger partial charge in [-0.3, -0.25) is 9.82 Å². The largest absolute Gasteiger partial charge is 0.306 e. The van der Waals surface area contributed by atoms with Crippen LogP contribution in [0.5, 0.6) is 0 Å². The van der Waals surface area contributed by atoms with Gasteiger partial charge in [-0.1, -0.05) is 23.4 Å². The Labute approximate surface area is 135 Å². The predicted octanol–water partition coefficient (Wildman–Crippen LogP) is 2.32. The molecule has 4 rings (SSSR count). The van der Waals surface area contributed by atoms with Crippen LogP contribution in [0.3, 0.4) is 0 Å². The van der Waals surface area contributed by atoms with Crippen molar-refractivity contribution in [3.63, 3.8) is 0 Å². The molecule has 0 amide bonds. The van der Waals surface area contributed by atoms with Crippen LogP contribution in [0.1, 0.15) is 0 Å². The molecule has 0 aliphatic carbocycles. The van der Waals surface area contributed by atoms with Gasteiger partial charge in [-0.15, -0.1) is 0 Å². The van der Waals surface area contributed by atoms with E-state index in [-0.39, 0.29) is 10.2 Å². The second kappa shape index (κ2) is 4.90. The van der Waals surface area contributed by atoms with Gasteiger partial charge in [0.15, 0.2) is 15.3 Å². The second-order valence-electron chi connectivity index (χ2n) is 4.77. The summed E-state index contributed by atoms with van der Waals surface area (Å²) >= 11 is 7.50. The van der Waals surface area contributed by atoms with Gasteiger partial charge in [0.1, 0.15) is 0 Å². The maximum absolute atomic E-state index is 12.6. The third-order valence-electron chi connectivity index (χ3n) is 3.34. The number of H-pyrrole nitrogens is 1. The van der Waals surface area contributed by atoms with E-state index in [1.54, 1.807) is 29.0 Å². The van der Waals surface area contributed by atoms with Crippen LogP contribution < -0.4 is 4.72 Å². The standard InChI is InChI=1S/C12H10ClN5O2S2/c13-10-11(18-3-4-21-12(18)15-10)22(19,20)17-8-1-2-9-7(5-8)6-14-16-9/h1-2,5-6,17H,3-4H2,(H,14,16). The first-order valence-corrected chi connectivity index (χ1v) is 9.24. The van der Waals surface area contributed by atoms with Gasteiger partial charge in [0.05, 0.1) is 11.7 Å². The Bertz CT molecular complexity index is 979. The highest BCUT2D eigenvalue weighted by atomic mass is 35.5.